The lowest BCUT2D eigenvalue weighted by Gasteiger charge is -2.36. The number of hydrogen-bond donors (Lipinski definition) is 0. The highest BCUT2D eigenvalue weighted by molar-refractivity contribution is 5.00. The molecule has 4 aliphatic rings. The van der Waals surface area contributed by atoms with Gasteiger partial charge in [0, 0.05) is 12.1 Å². The Bertz CT molecular complexity index is 435. The van der Waals surface area contributed by atoms with Gasteiger partial charge in [0.2, 0.25) is 0 Å². The van der Waals surface area contributed by atoms with Crippen molar-refractivity contribution in [3.8, 4) is 0 Å². The second kappa shape index (κ2) is 6.58. The van der Waals surface area contributed by atoms with E-state index in [0.717, 1.165) is 29.8 Å². The first-order chi connectivity index (χ1) is 11.4. The first-order valence-corrected chi connectivity index (χ1v) is 10.8. The van der Waals surface area contributed by atoms with Gasteiger partial charge in [0.25, 0.3) is 0 Å². The van der Waals surface area contributed by atoms with Gasteiger partial charge < -0.3 is 9.64 Å². The Morgan fingerprint density at radius 2 is 1.75 bits per heavy atom. The lowest BCUT2D eigenvalue weighted by atomic mass is 9.72. The predicted octanol–water partition coefficient (Wildman–Crippen LogP) is 5.26. The molecule has 4 heterocycles. The van der Waals surface area contributed by atoms with Crippen molar-refractivity contribution in [2.75, 3.05) is 7.05 Å². The summed E-state index contributed by atoms with van der Waals surface area (Å²) in [6.45, 7) is 7.61. The molecule has 2 nitrogen and oxygen atoms in total. The summed E-state index contributed by atoms with van der Waals surface area (Å²) in [6.07, 6.45) is 15.2. The van der Waals surface area contributed by atoms with Crippen LogP contribution in [0.1, 0.15) is 85.0 Å². The molecular weight excluding hydrogens is 294 g/mol. The molecule has 4 rings (SSSR count). The smallest absolute Gasteiger partial charge is 0.0582 e. The van der Waals surface area contributed by atoms with Crippen molar-refractivity contribution in [3.05, 3.63) is 0 Å². The molecule has 0 aliphatic carbocycles. The van der Waals surface area contributed by atoms with Crippen LogP contribution >= 0.6 is 0 Å². The Labute approximate surface area is 149 Å². The molecule has 4 aliphatic heterocycles. The minimum atomic E-state index is 0.522. The normalized spacial score (nSPS) is 43.5. The van der Waals surface area contributed by atoms with Crippen LogP contribution in [0.3, 0.4) is 0 Å². The van der Waals surface area contributed by atoms with Gasteiger partial charge >= 0.3 is 0 Å². The first-order valence-electron chi connectivity index (χ1n) is 10.8. The molecule has 4 fully saturated rings. The van der Waals surface area contributed by atoms with E-state index in [2.05, 4.69) is 32.7 Å². The molecule has 0 aromatic rings. The van der Waals surface area contributed by atoms with Gasteiger partial charge in [0.05, 0.1) is 12.2 Å². The Morgan fingerprint density at radius 1 is 1.04 bits per heavy atom. The molecular formula is C22H39NO. The van der Waals surface area contributed by atoms with Gasteiger partial charge in [0.15, 0.2) is 0 Å². The zero-order valence-corrected chi connectivity index (χ0v) is 16.5. The van der Waals surface area contributed by atoms with E-state index in [1.807, 2.05) is 0 Å². The van der Waals surface area contributed by atoms with E-state index in [-0.39, 0.29) is 0 Å². The van der Waals surface area contributed by atoms with Crippen LogP contribution in [0, 0.1) is 23.2 Å². The molecule has 0 aromatic carbocycles. The lowest BCUT2D eigenvalue weighted by molar-refractivity contribution is -0.0326. The topological polar surface area (TPSA) is 12.5 Å². The Morgan fingerprint density at radius 3 is 2.33 bits per heavy atom. The largest absolute Gasteiger partial charge is 0.375 e. The van der Waals surface area contributed by atoms with Gasteiger partial charge in [-0.1, -0.05) is 20.8 Å². The number of rotatable bonds is 6. The summed E-state index contributed by atoms with van der Waals surface area (Å²) in [7, 11) is 2.37. The van der Waals surface area contributed by atoms with Crippen LogP contribution in [-0.2, 0) is 4.74 Å². The van der Waals surface area contributed by atoms with Crippen LogP contribution in [-0.4, -0.2) is 36.2 Å². The van der Waals surface area contributed by atoms with Crippen molar-refractivity contribution in [1.29, 1.82) is 0 Å². The molecule has 0 radical (unpaired) electrons. The maximum absolute atomic E-state index is 6.05. The summed E-state index contributed by atoms with van der Waals surface area (Å²) >= 11 is 0. The van der Waals surface area contributed by atoms with Crippen molar-refractivity contribution in [2.45, 2.75) is 109 Å². The third-order valence-corrected chi connectivity index (χ3v) is 8.24. The summed E-state index contributed by atoms with van der Waals surface area (Å²) < 4.78 is 6.05. The monoisotopic (exact) mass is 333 g/mol. The fourth-order valence-electron chi connectivity index (χ4n) is 6.65. The average Bonchev–Trinajstić information content (AvgIpc) is 3.16. The molecule has 0 N–H and O–H groups in total. The van der Waals surface area contributed by atoms with Crippen LogP contribution in [0.4, 0.5) is 0 Å². The molecule has 0 saturated carbocycles. The highest BCUT2D eigenvalue weighted by Crippen LogP contribution is 2.47. The minimum absolute atomic E-state index is 0.522. The maximum Gasteiger partial charge on any atom is 0.0582 e. The molecule has 0 aromatic heterocycles. The second-order valence-electron chi connectivity index (χ2n) is 10.5. The standard InChI is InChI=1S/C22H39NO/c1-15(16-12-19-6-7-20(13-16)24-19)9-10-22(2,3)14-17-11-18-5-8-21(17)23(18)4/h15-21H,5-14H2,1-4H3. The summed E-state index contributed by atoms with van der Waals surface area (Å²) in [4.78, 5) is 2.70. The van der Waals surface area contributed by atoms with Gasteiger partial charge in [-0.15, -0.1) is 0 Å². The number of nitrogens with zero attached hydrogens (tertiary/aromatic N) is 1. The van der Waals surface area contributed by atoms with Crippen molar-refractivity contribution in [3.63, 3.8) is 0 Å². The Hall–Kier alpha value is -0.0800. The van der Waals surface area contributed by atoms with Gasteiger partial charge in [0.1, 0.15) is 0 Å². The van der Waals surface area contributed by atoms with Crippen LogP contribution in [0.25, 0.3) is 0 Å². The summed E-state index contributed by atoms with van der Waals surface area (Å²) in [5.41, 5.74) is 0.522. The predicted molar refractivity (Wildman–Crippen MR) is 100 cm³/mol. The summed E-state index contributed by atoms with van der Waals surface area (Å²) in [5, 5.41) is 0. The molecule has 0 amide bonds. The third kappa shape index (κ3) is 3.43. The van der Waals surface area contributed by atoms with Gasteiger partial charge in [-0.3, -0.25) is 0 Å². The maximum atomic E-state index is 6.05. The van der Waals surface area contributed by atoms with E-state index in [9.17, 15) is 0 Å². The quantitative estimate of drug-likeness (QED) is 0.657. The molecule has 4 bridgehead atoms. The molecule has 2 heteroatoms. The van der Waals surface area contributed by atoms with Crippen molar-refractivity contribution in [1.82, 2.24) is 4.90 Å². The van der Waals surface area contributed by atoms with E-state index >= 15 is 0 Å². The average molecular weight is 334 g/mol. The third-order valence-electron chi connectivity index (χ3n) is 8.24. The van der Waals surface area contributed by atoms with Crippen molar-refractivity contribution in [2.24, 2.45) is 23.2 Å². The minimum Gasteiger partial charge on any atom is -0.375 e. The van der Waals surface area contributed by atoms with Crippen molar-refractivity contribution < 1.29 is 4.74 Å². The number of hydrogen-bond acceptors (Lipinski definition) is 2. The second-order valence-corrected chi connectivity index (χ2v) is 10.5. The molecule has 6 atom stereocenters. The Balaban J connectivity index is 1.25. The van der Waals surface area contributed by atoms with E-state index in [1.54, 1.807) is 0 Å². The zero-order valence-electron chi connectivity index (χ0n) is 16.5. The van der Waals surface area contributed by atoms with Gasteiger partial charge in [-0.2, -0.15) is 0 Å². The fraction of sp³-hybridized carbons (Fsp3) is 1.00. The van der Waals surface area contributed by atoms with E-state index in [4.69, 9.17) is 4.74 Å². The van der Waals surface area contributed by atoms with Crippen molar-refractivity contribution >= 4 is 0 Å². The van der Waals surface area contributed by atoms with E-state index < -0.39 is 0 Å². The van der Waals surface area contributed by atoms with Crippen LogP contribution in [0.15, 0.2) is 0 Å². The number of ether oxygens (including phenoxy) is 1. The zero-order chi connectivity index (χ0) is 16.9. The molecule has 6 unspecified atom stereocenters. The van der Waals surface area contributed by atoms with Gasteiger partial charge in [-0.25, -0.2) is 0 Å². The highest BCUT2D eigenvalue weighted by atomic mass is 16.5. The molecule has 138 valence electrons. The lowest BCUT2D eigenvalue weighted by Crippen LogP contribution is -2.30. The highest BCUT2D eigenvalue weighted by Gasteiger charge is 2.45. The van der Waals surface area contributed by atoms with E-state index in [1.165, 1.54) is 64.2 Å². The SMILES string of the molecule is CC(CCC(C)(C)CC1CC2CCC1N2C)C1CC2CCC(C1)O2. The Kier molecular flexibility index (Phi) is 4.75. The molecule has 0 spiro atoms. The summed E-state index contributed by atoms with van der Waals surface area (Å²) in [6, 6.07) is 1.81. The van der Waals surface area contributed by atoms with Crippen LogP contribution in [0.2, 0.25) is 0 Å². The summed E-state index contributed by atoms with van der Waals surface area (Å²) in [5.74, 6) is 2.79. The first kappa shape index (κ1) is 17.3. The van der Waals surface area contributed by atoms with Crippen LogP contribution < -0.4 is 0 Å². The van der Waals surface area contributed by atoms with Gasteiger partial charge in [-0.05, 0) is 94.4 Å². The molecule has 4 saturated heterocycles. The molecule has 24 heavy (non-hydrogen) atoms. The fourth-order valence-corrected chi connectivity index (χ4v) is 6.65. The van der Waals surface area contributed by atoms with E-state index in [0.29, 0.717) is 17.6 Å². The number of fused-ring (bicyclic) bond motifs is 4. The van der Waals surface area contributed by atoms with Crippen LogP contribution in [0.5, 0.6) is 0 Å².